The summed E-state index contributed by atoms with van der Waals surface area (Å²) in [4.78, 5) is 28.4. The highest BCUT2D eigenvalue weighted by atomic mass is 32.1. The van der Waals surface area contributed by atoms with Crippen molar-refractivity contribution in [1.29, 1.82) is 0 Å². The summed E-state index contributed by atoms with van der Waals surface area (Å²) in [5.74, 6) is 2.95. The molecule has 2 aromatic heterocycles. The van der Waals surface area contributed by atoms with Gasteiger partial charge in [-0.25, -0.2) is 9.97 Å². The summed E-state index contributed by atoms with van der Waals surface area (Å²) in [6.07, 6.45) is 7.75. The van der Waals surface area contributed by atoms with E-state index >= 15 is 0 Å². The minimum atomic E-state index is 0.299. The Balaban J connectivity index is 1.33. The lowest BCUT2D eigenvalue weighted by Gasteiger charge is -2.31. The van der Waals surface area contributed by atoms with Crippen LogP contribution in [0.15, 0.2) is 0 Å². The van der Waals surface area contributed by atoms with Gasteiger partial charge < -0.3 is 10.6 Å². The number of aromatic nitrogens is 2. The van der Waals surface area contributed by atoms with Gasteiger partial charge in [0.05, 0.1) is 11.9 Å². The summed E-state index contributed by atoms with van der Waals surface area (Å²) in [6, 6.07) is 0.492. The molecule has 28 heavy (non-hydrogen) atoms. The quantitative estimate of drug-likeness (QED) is 0.859. The molecule has 0 bridgehead atoms. The molecule has 1 saturated carbocycles. The zero-order valence-electron chi connectivity index (χ0n) is 16.8. The number of thiophene rings is 1. The first-order chi connectivity index (χ1) is 13.5. The summed E-state index contributed by atoms with van der Waals surface area (Å²) < 4.78 is 0. The number of amides is 1. The fourth-order valence-corrected chi connectivity index (χ4v) is 6.79. The largest absolute Gasteiger partial charge is 0.383 e. The third-order valence-electron chi connectivity index (χ3n) is 7.09. The number of hydrogen-bond donors (Lipinski definition) is 1. The van der Waals surface area contributed by atoms with E-state index < -0.39 is 0 Å². The van der Waals surface area contributed by atoms with Gasteiger partial charge in [0, 0.05) is 30.9 Å². The molecule has 150 valence electrons. The number of carbonyl (C=O) groups excluding carboxylic acids is 1. The van der Waals surface area contributed by atoms with Crippen molar-refractivity contribution in [2.45, 2.75) is 57.5 Å². The molecule has 1 saturated heterocycles. The fraction of sp³-hybridized carbons (Fsp3) is 0.667. The first-order valence-electron chi connectivity index (χ1n) is 10.5. The third-order valence-corrected chi connectivity index (χ3v) is 8.28. The minimum Gasteiger partial charge on any atom is -0.383 e. The van der Waals surface area contributed by atoms with Gasteiger partial charge in [0.1, 0.15) is 16.5 Å². The second kappa shape index (κ2) is 6.95. The second-order valence-electron chi connectivity index (χ2n) is 8.96. The highest BCUT2D eigenvalue weighted by Crippen LogP contribution is 2.41. The SMILES string of the molecule is CN1C[C@@H]2C[C@H](N(C)Cc3nc(N)c4c5c(sc4n3)CCCC5)C[C@@H]2CC1=O. The molecule has 2 fully saturated rings. The van der Waals surface area contributed by atoms with E-state index in [0.29, 0.717) is 36.0 Å². The molecule has 3 heterocycles. The Kier molecular flexibility index (Phi) is 4.55. The van der Waals surface area contributed by atoms with E-state index in [0.717, 1.165) is 54.8 Å². The van der Waals surface area contributed by atoms with E-state index in [-0.39, 0.29) is 0 Å². The normalized spacial score (nSPS) is 27.5. The maximum Gasteiger partial charge on any atom is 0.222 e. The van der Waals surface area contributed by atoms with Crippen LogP contribution in [-0.2, 0) is 24.2 Å². The average molecular weight is 400 g/mol. The van der Waals surface area contributed by atoms with Crippen LogP contribution < -0.4 is 5.73 Å². The molecule has 2 aliphatic carbocycles. The number of carbonyl (C=O) groups is 1. The van der Waals surface area contributed by atoms with Crippen LogP contribution in [0.3, 0.4) is 0 Å². The Morgan fingerprint density at radius 1 is 1.21 bits per heavy atom. The second-order valence-corrected chi connectivity index (χ2v) is 10.0. The van der Waals surface area contributed by atoms with Crippen molar-refractivity contribution in [3.05, 3.63) is 16.3 Å². The van der Waals surface area contributed by atoms with E-state index in [9.17, 15) is 4.79 Å². The van der Waals surface area contributed by atoms with Gasteiger partial charge in [-0.3, -0.25) is 9.69 Å². The van der Waals surface area contributed by atoms with Crippen molar-refractivity contribution < 1.29 is 4.79 Å². The predicted octanol–water partition coefficient (Wildman–Crippen LogP) is 2.84. The van der Waals surface area contributed by atoms with Crippen LogP contribution in [0.4, 0.5) is 5.82 Å². The van der Waals surface area contributed by atoms with Crippen molar-refractivity contribution >= 4 is 33.3 Å². The molecule has 0 unspecified atom stereocenters. The van der Waals surface area contributed by atoms with Gasteiger partial charge >= 0.3 is 0 Å². The molecule has 3 aliphatic rings. The number of fused-ring (bicyclic) bond motifs is 4. The summed E-state index contributed by atoms with van der Waals surface area (Å²) in [5, 5.41) is 1.11. The number of likely N-dealkylation sites (tertiary alicyclic amines) is 1. The van der Waals surface area contributed by atoms with E-state index in [1.807, 2.05) is 23.3 Å². The van der Waals surface area contributed by atoms with Crippen LogP contribution in [0.25, 0.3) is 10.2 Å². The minimum absolute atomic E-state index is 0.299. The molecular formula is C21H29N5OS. The van der Waals surface area contributed by atoms with E-state index in [1.54, 1.807) is 0 Å². The van der Waals surface area contributed by atoms with Gasteiger partial charge in [0.2, 0.25) is 5.91 Å². The monoisotopic (exact) mass is 399 g/mol. The number of aryl methyl sites for hydroxylation is 2. The third kappa shape index (κ3) is 3.08. The number of anilines is 1. The van der Waals surface area contributed by atoms with Gasteiger partial charge in [-0.15, -0.1) is 11.3 Å². The van der Waals surface area contributed by atoms with E-state index in [4.69, 9.17) is 10.7 Å². The molecule has 0 spiro atoms. The molecule has 1 aliphatic heterocycles. The van der Waals surface area contributed by atoms with Crippen molar-refractivity contribution in [1.82, 2.24) is 19.8 Å². The highest BCUT2D eigenvalue weighted by Gasteiger charge is 2.41. The zero-order valence-corrected chi connectivity index (χ0v) is 17.6. The molecule has 2 N–H and O–H groups in total. The van der Waals surface area contributed by atoms with Crippen molar-refractivity contribution in [3.8, 4) is 0 Å². The standard InChI is InChI=1S/C21H29N5OS/c1-25(14-7-12-9-18(27)26(2)10-13(12)8-14)11-17-23-20(22)19-15-5-3-4-6-16(15)28-21(19)24-17/h12-14H,3-11H2,1-2H3,(H2,22,23,24)/t12-,13+,14-/m1/s1. The molecule has 6 nitrogen and oxygen atoms in total. The van der Waals surface area contributed by atoms with Crippen LogP contribution in [0.5, 0.6) is 0 Å². The number of nitrogen functional groups attached to an aromatic ring is 1. The van der Waals surface area contributed by atoms with Gasteiger partial charge in [-0.2, -0.15) is 0 Å². The molecule has 3 atom stereocenters. The zero-order chi connectivity index (χ0) is 19.4. The van der Waals surface area contributed by atoms with Gasteiger partial charge in [-0.1, -0.05) is 0 Å². The first-order valence-corrected chi connectivity index (χ1v) is 11.3. The molecular weight excluding hydrogens is 370 g/mol. The van der Waals surface area contributed by atoms with Crippen LogP contribution in [0.1, 0.15) is 48.4 Å². The number of rotatable bonds is 3. The predicted molar refractivity (Wildman–Crippen MR) is 112 cm³/mol. The lowest BCUT2D eigenvalue weighted by Crippen LogP contribution is -2.39. The number of nitrogens with two attached hydrogens (primary N) is 1. The van der Waals surface area contributed by atoms with Gasteiger partial charge in [-0.05, 0) is 63.0 Å². The summed E-state index contributed by atoms with van der Waals surface area (Å²) >= 11 is 1.81. The fourth-order valence-electron chi connectivity index (χ4n) is 5.50. The van der Waals surface area contributed by atoms with Gasteiger partial charge in [0.25, 0.3) is 0 Å². The molecule has 1 amide bonds. The maximum absolute atomic E-state index is 12.0. The smallest absolute Gasteiger partial charge is 0.222 e. The summed E-state index contributed by atoms with van der Waals surface area (Å²) in [5.41, 5.74) is 7.78. The molecule has 5 rings (SSSR count). The highest BCUT2D eigenvalue weighted by molar-refractivity contribution is 7.19. The van der Waals surface area contributed by atoms with Crippen molar-refractivity contribution in [2.24, 2.45) is 11.8 Å². The number of piperidine rings is 1. The Morgan fingerprint density at radius 3 is 2.86 bits per heavy atom. The molecule has 7 heteroatoms. The van der Waals surface area contributed by atoms with Crippen LogP contribution in [0.2, 0.25) is 0 Å². The van der Waals surface area contributed by atoms with Crippen LogP contribution >= 0.6 is 11.3 Å². The van der Waals surface area contributed by atoms with Gasteiger partial charge in [0.15, 0.2) is 0 Å². The first kappa shape index (κ1) is 18.3. The molecule has 0 aromatic carbocycles. The van der Waals surface area contributed by atoms with Crippen LogP contribution in [0, 0.1) is 11.8 Å². The molecule has 2 aromatic rings. The van der Waals surface area contributed by atoms with E-state index in [1.165, 1.54) is 23.3 Å². The van der Waals surface area contributed by atoms with Crippen molar-refractivity contribution in [3.63, 3.8) is 0 Å². The summed E-state index contributed by atoms with van der Waals surface area (Å²) in [7, 11) is 4.10. The Hall–Kier alpha value is -1.73. The maximum atomic E-state index is 12.0. The summed E-state index contributed by atoms with van der Waals surface area (Å²) in [6.45, 7) is 1.63. The Bertz CT molecular complexity index is 925. The Labute approximate surface area is 170 Å². The molecule has 0 radical (unpaired) electrons. The van der Waals surface area contributed by atoms with Crippen molar-refractivity contribution in [2.75, 3.05) is 26.4 Å². The number of hydrogen-bond acceptors (Lipinski definition) is 6. The average Bonchev–Trinajstić information content (AvgIpc) is 3.23. The number of nitrogens with zero attached hydrogens (tertiary/aromatic N) is 4. The Morgan fingerprint density at radius 2 is 2.00 bits per heavy atom. The lowest BCUT2D eigenvalue weighted by atomic mass is 9.88. The van der Waals surface area contributed by atoms with E-state index in [2.05, 4.69) is 16.9 Å². The topological polar surface area (TPSA) is 75.3 Å². The van der Waals surface area contributed by atoms with Crippen LogP contribution in [-0.4, -0.2) is 52.4 Å². The lowest BCUT2D eigenvalue weighted by molar-refractivity contribution is -0.134.